The lowest BCUT2D eigenvalue weighted by atomic mass is 10.1. The van der Waals surface area contributed by atoms with Gasteiger partial charge in [0.2, 0.25) is 5.95 Å². The average Bonchev–Trinajstić information content (AvgIpc) is 3.34. The van der Waals surface area contributed by atoms with Crippen LogP contribution in [0.3, 0.4) is 0 Å². The number of hydrogen-bond donors (Lipinski definition) is 7. The number of aliphatic hydroxyl groups is 3. The number of aromatic nitrogens is 2. The average molecular weight is 480 g/mol. The third-order valence-corrected chi connectivity index (χ3v) is 6.22. The van der Waals surface area contributed by atoms with E-state index in [4.69, 9.17) is 16.2 Å². The van der Waals surface area contributed by atoms with Crippen LogP contribution in [-0.4, -0.2) is 62.5 Å². The second kappa shape index (κ2) is 8.67. The van der Waals surface area contributed by atoms with E-state index in [2.05, 4.69) is 15.3 Å². The lowest BCUT2D eigenvalue weighted by Crippen LogP contribution is -2.50. The van der Waals surface area contributed by atoms with Crippen LogP contribution in [0.5, 0.6) is 0 Å². The van der Waals surface area contributed by atoms with E-state index >= 15 is 0 Å². The Kier molecular flexibility index (Phi) is 5.65. The molecule has 1 aliphatic heterocycles. The lowest BCUT2D eigenvalue weighted by molar-refractivity contribution is -0.0202. The highest BCUT2D eigenvalue weighted by atomic mass is 16.6. The molecule has 5 rings (SSSR count). The fourth-order valence-corrected chi connectivity index (χ4v) is 4.50. The number of fused-ring (bicyclic) bond motifs is 3. The van der Waals surface area contributed by atoms with Crippen molar-refractivity contribution in [1.82, 2.24) is 9.97 Å². The highest BCUT2D eigenvalue weighted by molar-refractivity contribution is 6.03. The van der Waals surface area contributed by atoms with E-state index in [1.54, 1.807) is 6.07 Å². The van der Waals surface area contributed by atoms with Gasteiger partial charge in [0.1, 0.15) is 24.0 Å². The van der Waals surface area contributed by atoms with Crippen LogP contribution in [0.4, 0.5) is 27.9 Å². The van der Waals surface area contributed by atoms with Crippen molar-refractivity contribution in [3.05, 3.63) is 63.9 Å². The van der Waals surface area contributed by atoms with Crippen molar-refractivity contribution in [3.8, 4) is 11.1 Å². The molecule has 35 heavy (non-hydrogen) atoms. The van der Waals surface area contributed by atoms with Crippen LogP contribution in [0.25, 0.3) is 11.1 Å². The standard InChI is InChI=1S/C23H24N6O6/c24-16-19(27-22(25)28-20(16)33)29(21-18(32)17(31)15(9-30)35-21)23(34)26-12-5-6-14-11(8-12)7-10-3-1-2-4-13(10)14/h1-6,8,15,17-18,21,30-32H,7,9,24H2,(H,26,34)(H3,25,27,28,33)/t15-,17+,18-,21-/m1/s1. The van der Waals surface area contributed by atoms with E-state index in [0.717, 1.165) is 21.6 Å². The molecule has 1 saturated heterocycles. The number of anilines is 4. The lowest BCUT2D eigenvalue weighted by Gasteiger charge is -2.30. The van der Waals surface area contributed by atoms with Crippen molar-refractivity contribution in [2.45, 2.75) is 31.0 Å². The smallest absolute Gasteiger partial charge is 0.329 e. The van der Waals surface area contributed by atoms with Crippen LogP contribution in [0.1, 0.15) is 11.1 Å². The molecule has 0 saturated carbocycles. The number of nitrogens with one attached hydrogen (secondary N) is 2. The molecular weight excluding hydrogens is 456 g/mol. The van der Waals surface area contributed by atoms with Gasteiger partial charge in [-0.15, -0.1) is 0 Å². The number of benzene rings is 2. The van der Waals surface area contributed by atoms with Crippen molar-refractivity contribution < 1.29 is 24.9 Å². The predicted molar refractivity (Wildman–Crippen MR) is 128 cm³/mol. The predicted octanol–water partition coefficient (Wildman–Crippen LogP) is -0.0170. The minimum Gasteiger partial charge on any atom is -0.394 e. The minimum atomic E-state index is -1.63. The first kappa shape index (κ1) is 22.8. The molecule has 1 aliphatic carbocycles. The molecule has 2 heterocycles. The van der Waals surface area contributed by atoms with Crippen LogP contribution in [0.15, 0.2) is 47.3 Å². The van der Waals surface area contributed by atoms with Gasteiger partial charge in [-0.3, -0.25) is 9.78 Å². The number of nitrogen functional groups attached to an aromatic ring is 2. The van der Waals surface area contributed by atoms with Gasteiger partial charge in [0, 0.05) is 5.69 Å². The van der Waals surface area contributed by atoms with Gasteiger partial charge < -0.3 is 36.8 Å². The molecule has 0 bridgehead atoms. The summed E-state index contributed by atoms with van der Waals surface area (Å²) in [5.41, 5.74) is 15.1. The number of H-pyrrole nitrogens is 1. The fraction of sp³-hybridized carbons (Fsp3) is 0.261. The normalized spacial score (nSPS) is 22.5. The third kappa shape index (κ3) is 3.88. The van der Waals surface area contributed by atoms with Crippen LogP contribution >= 0.6 is 0 Å². The topological polar surface area (TPSA) is 200 Å². The maximum absolute atomic E-state index is 13.5. The molecule has 0 radical (unpaired) electrons. The quantitative estimate of drug-likeness (QED) is 0.210. The Bertz CT molecular complexity index is 1360. The SMILES string of the molecule is Nc1nc(N(C(=O)Nc2ccc3c(c2)Cc2ccccc2-3)[C@@H]2O[C@H](CO)[C@H](O)[C@H]2O)c(N)c(=O)[nH]1. The van der Waals surface area contributed by atoms with Gasteiger partial charge in [0.15, 0.2) is 12.0 Å². The number of hydrogen-bond acceptors (Lipinski definition) is 9. The molecule has 12 nitrogen and oxygen atoms in total. The summed E-state index contributed by atoms with van der Waals surface area (Å²) in [6.07, 6.45) is -5.12. The number of rotatable bonds is 4. The maximum atomic E-state index is 13.5. The van der Waals surface area contributed by atoms with E-state index in [9.17, 15) is 24.9 Å². The van der Waals surface area contributed by atoms with E-state index in [1.807, 2.05) is 36.4 Å². The van der Waals surface area contributed by atoms with Crippen LogP contribution in [0, 0.1) is 0 Å². The minimum absolute atomic E-state index is 0.320. The molecule has 182 valence electrons. The Morgan fingerprint density at radius 2 is 1.89 bits per heavy atom. The molecule has 12 heteroatoms. The Labute approximate surface area is 198 Å². The zero-order chi connectivity index (χ0) is 24.9. The maximum Gasteiger partial charge on any atom is 0.329 e. The van der Waals surface area contributed by atoms with Gasteiger partial charge in [-0.05, 0) is 40.8 Å². The summed E-state index contributed by atoms with van der Waals surface area (Å²) in [5, 5.41) is 33.0. The monoisotopic (exact) mass is 480 g/mol. The van der Waals surface area contributed by atoms with Gasteiger partial charge in [0.25, 0.3) is 5.56 Å². The molecule has 2 aliphatic rings. The van der Waals surface area contributed by atoms with Gasteiger partial charge in [-0.2, -0.15) is 4.98 Å². The number of carbonyl (C=O) groups is 1. The molecule has 3 aromatic rings. The fourth-order valence-electron chi connectivity index (χ4n) is 4.50. The number of ether oxygens (including phenoxy) is 1. The number of carbonyl (C=O) groups excluding carboxylic acids is 1. The van der Waals surface area contributed by atoms with Gasteiger partial charge in [0.05, 0.1) is 6.61 Å². The largest absolute Gasteiger partial charge is 0.394 e. The van der Waals surface area contributed by atoms with E-state index < -0.39 is 48.4 Å². The van der Waals surface area contributed by atoms with Crippen molar-refractivity contribution in [1.29, 1.82) is 0 Å². The van der Waals surface area contributed by atoms with Crippen molar-refractivity contribution in [2.24, 2.45) is 0 Å². The summed E-state index contributed by atoms with van der Waals surface area (Å²) in [7, 11) is 0. The highest BCUT2D eigenvalue weighted by Crippen LogP contribution is 2.38. The van der Waals surface area contributed by atoms with Crippen LogP contribution < -0.4 is 27.2 Å². The Balaban J connectivity index is 1.50. The molecular formula is C23H24N6O6. The van der Waals surface area contributed by atoms with E-state index in [1.165, 1.54) is 5.56 Å². The van der Waals surface area contributed by atoms with E-state index in [-0.39, 0.29) is 11.8 Å². The molecule has 2 amide bonds. The summed E-state index contributed by atoms with van der Waals surface area (Å²) in [5.74, 6) is -0.689. The third-order valence-electron chi connectivity index (χ3n) is 6.22. The zero-order valence-corrected chi connectivity index (χ0v) is 18.4. The van der Waals surface area contributed by atoms with Crippen molar-refractivity contribution in [2.75, 3.05) is 28.3 Å². The number of nitrogens with zero attached hydrogens (tertiary/aromatic N) is 2. The number of aromatic amines is 1. The number of nitrogens with two attached hydrogens (primary N) is 2. The summed E-state index contributed by atoms with van der Waals surface area (Å²) < 4.78 is 5.53. The van der Waals surface area contributed by atoms with E-state index in [0.29, 0.717) is 12.1 Å². The first-order chi connectivity index (χ1) is 16.8. The van der Waals surface area contributed by atoms with Crippen molar-refractivity contribution in [3.63, 3.8) is 0 Å². The van der Waals surface area contributed by atoms with Crippen molar-refractivity contribution >= 4 is 29.2 Å². The second-order valence-electron chi connectivity index (χ2n) is 8.42. The number of amides is 2. The summed E-state index contributed by atoms with van der Waals surface area (Å²) in [6, 6.07) is 12.6. The Morgan fingerprint density at radius 1 is 1.14 bits per heavy atom. The van der Waals surface area contributed by atoms with Gasteiger partial charge in [-0.25, -0.2) is 9.69 Å². The summed E-state index contributed by atoms with van der Waals surface area (Å²) in [6.45, 7) is -0.615. The molecule has 0 unspecified atom stereocenters. The van der Waals surface area contributed by atoms with Gasteiger partial charge in [-0.1, -0.05) is 30.3 Å². The Morgan fingerprint density at radius 3 is 2.63 bits per heavy atom. The van der Waals surface area contributed by atoms with Gasteiger partial charge >= 0.3 is 6.03 Å². The molecule has 2 aromatic carbocycles. The highest BCUT2D eigenvalue weighted by Gasteiger charge is 2.48. The number of urea groups is 1. The molecule has 9 N–H and O–H groups in total. The summed E-state index contributed by atoms with van der Waals surface area (Å²) in [4.78, 5) is 32.7. The molecule has 1 fully saturated rings. The van der Waals surface area contributed by atoms with Crippen LogP contribution in [0.2, 0.25) is 0 Å². The summed E-state index contributed by atoms with van der Waals surface area (Å²) >= 11 is 0. The molecule has 1 aromatic heterocycles. The van der Waals surface area contributed by atoms with Crippen LogP contribution in [-0.2, 0) is 11.2 Å². The second-order valence-corrected chi connectivity index (χ2v) is 8.42. The first-order valence-corrected chi connectivity index (χ1v) is 10.9. The Hall–Kier alpha value is -3.97. The zero-order valence-electron chi connectivity index (χ0n) is 18.4. The molecule has 4 atom stereocenters. The molecule has 0 spiro atoms. The number of aliphatic hydroxyl groups excluding tert-OH is 3. The first-order valence-electron chi connectivity index (χ1n) is 10.9.